The van der Waals surface area contributed by atoms with Crippen LogP contribution in [0.5, 0.6) is 0 Å². The first-order valence-corrected chi connectivity index (χ1v) is 9.82. The minimum atomic E-state index is -0.446. The number of hydrogen-bond donors (Lipinski definition) is 0. The molecule has 5 nitrogen and oxygen atoms in total. The highest BCUT2D eigenvalue weighted by Gasteiger charge is 2.74. The monoisotopic (exact) mass is 348 g/mol. The molecule has 5 fully saturated rings. The van der Waals surface area contributed by atoms with Crippen LogP contribution in [0.3, 0.4) is 0 Å². The van der Waals surface area contributed by atoms with E-state index in [4.69, 9.17) is 14.2 Å². The second-order valence-electron chi connectivity index (χ2n) is 9.76. The molecule has 3 saturated heterocycles. The third kappa shape index (κ3) is 1.74. The molecule has 2 aliphatic carbocycles. The van der Waals surface area contributed by atoms with Gasteiger partial charge in [-0.1, -0.05) is 20.3 Å². The molecular weight excluding hydrogens is 320 g/mol. The number of carbonyl (C=O) groups is 2. The SMILES string of the molecule is C[C@@H]1C[C@H]2OC(=O)[C@@]3(C)CCC[C@@](C)([C@@H]23)[C@@]12CC[C@]1(COC(=O)C1)O2. The number of hydrogen-bond acceptors (Lipinski definition) is 5. The standard InChI is InChI=1S/C20H28O5/c1-12-9-13-15-17(2,16(22)24-13)5-4-6-18(15,3)20(12)8-7-19(25-20)10-14(21)23-11-19/h12-13,15H,4-11H2,1-3H3/t12-,13-,15+,17+,18+,19+,20-/m1/s1. The molecule has 2 saturated carbocycles. The van der Waals surface area contributed by atoms with Gasteiger partial charge >= 0.3 is 11.9 Å². The first-order chi connectivity index (χ1) is 11.7. The second-order valence-corrected chi connectivity index (χ2v) is 9.76. The first kappa shape index (κ1) is 16.1. The highest BCUT2D eigenvalue weighted by molar-refractivity contribution is 5.80. The fraction of sp³-hybridized carbons (Fsp3) is 0.900. The zero-order valence-corrected chi connectivity index (χ0v) is 15.4. The lowest BCUT2D eigenvalue weighted by Crippen LogP contribution is -2.65. The lowest BCUT2D eigenvalue weighted by atomic mass is 9.44. The van der Waals surface area contributed by atoms with Crippen molar-refractivity contribution in [2.24, 2.45) is 22.7 Å². The molecule has 5 aliphatic rings. The number of rotatable bonds is 0. The Bertz CT molecular complexity index is 660. The first-order valence-electron chi connectivity index (χ1n) is 9.82. The van der Waals surface area contributed by atoms with Crippen LogP contribution in [0.25, 0.3) is 0 Å². The van der Waals surface area contributed by atoms with E-state index in [0.29, 0.717) is 18.9 Å². The van der Waals surface area contributed by atoms with Gasteiger partial charge in [-0.15, -0.1) is 0 Å². The summed E-state index contributed by atoms with van der Waals surface area (Å²) in [4.78, 5) is 24.5. The van der Waals surface area contributed by atoms with Crippen LogP contribution in [0.4, 0.5) is 0 Å². The van der Waals surface area contributed by atoms with Crippen LogP contribution in [0.2, 0.25) is 0 Å². The maximum atomic E-state index is 12.7. The summed E-state index contributed by atoms with van der Waals surface area (Å²) in [7, 11) is 0. The molecule has 5 rings (SSSR count). The topological polar surface area (TPSA) is 61.8 Å². The normalized spacial score (nSPS) is 57.0. The summed E-state index contributed by atoms with van der Waals surface area (Å²) in [6.07, 6.45) is 6.10. The third-order valence-electron chi connectivity index (χ3n) is 8.52. The fourth-order valence-electron chi connectivity index (χ4n) is 7.44. The Morgan fingerprint density at radius 2 is 1.88 bits per heavy atom. The summed E-state index contributed by atoms with van der Waals surface area (Å²) in [6, 6.07) is 0. The van der Waals surface area contributed by atoms with E-state index in [1.807, 2.05) is 0 Å². The molecule has 5 heteroatoms. The van der Waals surface area contributed by atoms with E-state index in [1.54, 1.807) is 0 Å². The molecule has 7 atom stereocenters. The van der Waals surface area contributed by atoms with Crippen molar-refractivity contribution in [3.05, 3.63) is 0 Å². The number of esters is 2. The summed E-state index contributed by atoms with van der Waals surface area (Å²) in [5.41, 5.74) is -1.20. The molecule has 0 aromatic heterocycles. The van der Waals surface area contributed by atoms with E-state index in [1.165, 1.54) is 0 Å². The van der Waals surface area contributed by atoms with E-state index < -0.39 is 5.60 Å². The van der Waals surface area contributed by atoms with Crippen LogP contribution >= 0.6 is 0 Å². The van der Waals surface area contributed by atoms with Gasteiger partial charge in [-0.25, -0.2) is 0 Å². The van der Waals surface area contributed by atoms with Gasteiger partial charge in [0.1, 0.15) is 18.3 Å². The van der Waals surface area contributed by atoms with Crippen molar-refractivity contribution in [3.63, 3.8) is 0 Å². The Balaban J connectivity index is 1.59. The van der Waals surface area contributed by atoms with Crippen molar-refractivity contribution >= 4 is 11.9 Å². The van der Waals surface area contributed by atoms with Crippen molar-refractivity contribution in [2.75, 3.05) is 6.61 Å². The Labute approximate surface area is 148 Å². The number of fused-ring (bicyclic) bond motifs is 1. The van der Waals surface area contributed by atoms with Crippen LogP contribution in [0.1, 0.15) is 65.7 Å². The minimum absolute atomic E-state index is 0.00948. The second kappa shape index (κ2) is 4.59. The van der Waals surface area contributed by atoms with Crippen molar-refractivity contribution in [2.45, 2.75) is 83.0 Å². The van der Waals surface area contributed by atoms with E-state index >= 15 is 0 Å². The summed E-state index contributed by atoms with van der Waals surface area (Å²) < 4.78 is 18.0. The number of cyclic esters (lactones) is 1. The lowest BCUT2D eigenvalue weighted by molar-refractivity contribution is -0.251. The van der Waals surface area contributed by atoms with Crippen molar-refractivity contribution < 1.29 is 23.8 Å². The third-order valence-corrected chi connectivity index (χ3v) is 8.52. The van der Waals surface area contributed by atoms with Gasteiger partial charge in [0.25, 0.3) is 0 Å². The molecular formula is C20H28O5. The molecule has 0 bridgehead atoms. The molecule has 0 amide bonds. The molecule has 0 radical (unpaired) electrons. The Hall–Kier alpha value is -1.10. The molecule has 3 heterocycles. The van der Waals surface area contributed by atoms with E-state index in [2.05, 4.69) is 20.8 Å². The Kier molecular flexibility index (Phi) is 2.96. The van der Waals surface area contributed by atoms with Crippen molar-refractivity contribution in [1.82, 2.24) is 0 Å². The van der Waals surface area contributed by atoms with Crippen LogP contribution < -0.4 is 0 Å². The molecule has 138 valence electrons. The highest BCUT2D eigenvalue weighted by atomic mass is 16.6. The predicted molar refractivity (Wildman–Crippen MR) is 88.6 cm³/mol. The molecule has 0 N–H and O–H groups in total. The van der Waals surface area contributed by atoms with Gasteiger partial charge in [0, 0.05) is 11.3 Å². The van der Waals surface area contributed by atoms with Crippen LogP contribution in [-0.4, -0.2) is 35.9 Å². The van der Waals surface area contributed by atoms with Gasteiger partial charge in [-0.2, -0.15) is 0 Å². The Morgan fingerprint density at radius 1 is 1.08 bits per heavy atom. The molecule has 0 unspecified atom stereocenters. The van der Waals surface area contributed by atoms with Crippen LogP contribution in [0, 0.1) is 22.7 Å². The maximum absolute atomic E-state index is 12.7. The largest absolute Gasteiger partial charge is 0.463 e. The van der Waals surface area contributed by atoms with Gasteiger partial charge in [0.15, 0.2) is 0 Å². The maximum Gasteiger partial charge on any atom is 0.312 e. The fourth-order valence-corrected chi connectivity index (χ4v) is 7.44. The quantitative estimate of drug-likeness (QED) is 0.630. The summed E-state index contributed by atoms with van der Waals surface area (Å²) in [5.74, 6) is 0.369. The molecule has 2 spiro atoms. The number of ether oxygens (including phenoxy) is 3. The van der Waals surface area contributed by atoms with Crippen LogP contribution in [0.15, 0.2) is 0 Å². The summed E-state index contributed by atoms with van der Waals surface area (Å²) in [6.45, 7) is 7.07. The van der Waals surface area contributed by atoms with Gasteiger partial charge in [-0.05, 0) is 44.9 Å². The number of carbonyl (C=O) groups excluding carboxylic acids is 2. The van der Waals surface area contributed by atoms with E-state index in [-0.39, 0.29) is 40.4 Å². The zero-order chi connectivity index (χ0) is 17.7. The molecule has 3 aliphatic heterocycles. The smallest absolute Gasteiger partial charge is 0.312 e. The highest BCUT2D eigenvalue weighted by Crippen LogP contribution is 2.70. The molecule has 0 aromatic carbocycles. The van der Waals surface area contributed by atoms with E-state index in [0.717, 1.165) is 38.5 Å². The van der Waals surface area contributed by atoms with Crippen molar-refractivity contribution in [1.29, 1.82) is 0 Å². The predicted octanol–water partition coefficient (Wildman–Crippen LogP) is 3.00. The van der Waals surface area contributed by atoms with Gasteiger partial charge < -0.3 is 14.2 Å². The van der Waals surface area contributed by atoms with Crippen molar-refractivity contribution in [3.8, 4) is 0 Å². The van der Waals surface area contributed by atoms with Crippen LogP contribution in [-0.2, 0) is 23.8 Å². The van der Waals surface area contributed by atoms with Gasteiger partial charge in [-0.3, -0.25) is 9.59 Å². The average molecular weight is 348 g/mol. The molecule has 0 aromatic rings. The zero-order valence-electron chi connectivity index (χ0n) is 15.4. The summed E-state index contributed by atoms with van der Waals surface area (Å²) >= 11 is 0. The summed E-state index contributed by atoms with van der Waals surface area (Å²) in [5, 5.41) is 0. The minimum Gasteiger partial charge on any atom is -0.463 e. The van der Waals surface area contributed by atoms with E-state index in [9.17, 15) is 9.59 Å². The Morgan fingerprint density at radius 3 is 2.60 bits per heavy atom. The van der Waals surface area contributed by atoms with Gasteiger partial charge in [0.2, 0.25) is 0 Å². The average Bonchev–Trinajstić information content (AvgIpc) is 3.17. The van der Waals surface area contributed by atoms with Gasteiger partial charge in [0.05, 0.1) is 17.4 Å². The molecule has 25 heavy (non-hydrogen) atoms. The lowest BCUT2D eigenvalue weighted by Gasteiger charge is -2.62.